The van der Waals surface area contributed by atoms with Gasteiger partial charge in [-0.2, -0.15) is 0 Å². The number of carbonyl (C=O) groups excluding carboxylic acids is 2. The molecule has 0 spiro atoms. The molecular formula is C18H21N3O2. The molecule has 0 saturated carbocycles. The number of hydrogen-bond donors (Lipinski definition) is 1. The molecule has 0 radical (unpaired) electrons. The number of hydrogen-bond acceptors (Lipinski definition) is 3. The maximum absolute atomic E-state index is 12.1. The van der Waals surface area contributed by atoms with Gasteiger partial charge in [0, 0.05) is 31.8 Å². The first-order valence-electron chi connectivity index (χ1n) is 7.57. The van der Waals surface area contributed by atoms with E-state index in [1.54, 1.807) is 11.1 Å². The van der Waals surface area contributed by atoms with Crippen molar-refractivity contribution in [2.24, 2.45) is 0 Å². The van der Waals surface area contributed by atoms with Crippen LogP contribution in [0.5, 0.6) is 0 Å². The van der Waals surface area contributed by atoms with Crippen LogP contribution in [0.1, 0.15) is 24.6 Å². The van der Waals surface area contributed by atoms with Gasteiger partial charge in [-0.25, -0.2) is 0 Å². The number of amides is 2. The molecule has 5 nitrogen and oxygen atoms in total. The van der Waals surface area contributed by atoms with Crippen molar-refractivity contribution < 1.29 is 9.59 Å². The van der Waals surface area contributed by atoms with Crippen molar-refractivity contribution in [1.82, 2.24) is 9.88 Å². The van der Waals surface area contributed by atoms with Gasteiger partial charge in [0.05, 0.1) is 12.2 Å². The SMILES string of the molecule is CC(=O)N(CCC(=O)Nc1ccccc1C)Cc1ccccn1. The van der Waals surface area contributed by atoms with E-state index in [2.05, 4.69) is 10.3 Å². The second kappa shape index (κ2) is 8.08. The lowest BCUT2D eigenvalue weighted by atomic mass is 10.2. The van der Waals surface area contributed by atoms with Crippen molar-refractivity contribution in [1.29, 1.82) is 0 Å². The van der Waals surface area contributed by atoms with Crippen LogP contribution >= 0.6 is 0 Å². The second-order valence-corrected chi connectivity index (χ2v) is 5.37. The van der Waals surface area contributed by atoms with Crippen molar-refractivity contribution in [3.05, 3.63) is 59.9 Å². The minimum atomic E-state index is -0.105. The smallest absolute Gasteiger partial charge is 0.226 e. The molecule has 0 unspecified atom stereocenters. The van der Waals surface area contributed by atoms with E-state index in [9.17, 15) is 9.59 Å². The molecule has 2 rings (SSSR count). The highest BCUT2D eigenvalue weighted by Gasteiger charge is 2.13. The molecule has 0 bridgehead atoms. The number of benzene rings is 1. The highest BCUT2D eigenvalue weighted by Crippen LogP contribution is 2.13. The van der Waals surface area contributed by atoms with Crippen LogP contribution in [-0.2, 0) is 16.1 Å². The monoisotopic (exact) mass is 311 g/mol. The Bertz CT molecular complexity index is 671. The quantitative estimate of drug-likeness (QED) is 0.892. The van der Waals surface area contributed by atoms with Gasteiger partial charge in [0.25, 0.3) is 0 Å². The van der Waals surface area contributed by atoms with Crippen molar-refractivity contribution in [3.8, 4) is 0 Å². The average molecular weight is 311 g/mol. The second-order valence-electron chi connectivity index (χ2n) is 5.37. The van der Waals surface area contributed by atoms with Crippen LogP contribution in [-0.4, -0.2) is 28.2 Å². The van der Waals surface area contributed by atoms with E-state index in [4.69, 9.17) is 0 Å². The van der Waals surface area contributed by atoms with Gasteiger partial charge in [-0.05, 0) is 30.7 Å². The van der Waals surface area contributed by atoms with Gasteiger partial charge in [0.15, 0.2) is 0 Å². The van der Waals surface area contributed by atoms with Crippen LogP contribution < -0.4 is 5.32 Å². The van der Waals surface area contributed by atoms with E-state index in [0.717, 1.165) is 16.9 Å². The topological polar surface area (TPSA) is 62.3 Å². The molecule has 0 atom stereocenters. The van der Waals surface area contributed by atoms with Crippen LogP contribution in [0, 0.1) is 6.92 Å². The summed E-state index contributed by atoms with van der Waals surface area (Å²) >= 11 is 0. The third-order valence-electron chi connectivity index (χ3n) is 3.55. The Balaban J connectivity index is 1.90. The Hall–Kier alpha value is -2.69. The molecule has 2 amide bonds. The zero-order chi connectivity index (χ0) is 16.7. The third-order valence-corrected chi connectivity index (χ3v) is 3.55. The molecular weight excluding hydrogens is 290 g/mol. The van der Waals surface area contributed by atoms with E-state index in [1.807, 2.05) is 49.4 Å². The maximum Gasteiger partial charge on any atom is 0.226 e. The van der Waals surface area contributed by atoms with Gasteiger partial charge in [-0.1, -0.05) is 24.3 Å². The Kier molecular flexibility index (Phi) is 5.86. The molecule has 1 aromatic carbocycles. The summed E-state index contributed by atoms with van der Waals surface area (Å²) < 4.78 is 0. The van der Waals surface area contributed by atoms with Gasteiger partial charge in [-0.3, -0.25) is 14.6 Å². The molecule has 2 aromatic rings. The first-order chi connectivity index (χ1) is 11.1. The summed E-state index contributed by atoms with van der Waals surface area (Å²) in [6, 6.07) is 13.2. The highest BCUT2D eigenvalue weighted by molar-refractivity contribution is 5.91. The van der Waals surface area contributed by atoms with Crippen molar-refractivity contribution in [2.75, 3.05) is 11.9 Å². The summed E-state index contributed by atoms with van der Waals surface area (Å²) in [7, 11) is 0. The fourth-order valence-electron chi connectivity index (χ4n) is 2.20. The standard InChI is InChI=1S/C18H21N3O2/c1-14-7-3-4-9-17(14)20-18(23)10-12-21(15(2)22)13-16-8-5-6-11-19-16/h3-9,11H,10,12-13H2,1-2H3,(H,20,23). The third kappa shape index (κ3) is 5.21. The van der Waals surface area contributed by atoms with E-state index < -0.39 is 0 Å². The Morgan fingerprint density at radius 1 is 1.13 bits per heavy atom. The van der Waals surface area contributed by atoms with Crippen LogP contribution in [0.2, 0.25) is 0 Å². The van der Waals surface area contributed by atoms with Crippen LogP contribution in [0.15, 0.2) is 48.7 Å². The number of anilines is 1. The van der Waals surface area contributed by atoms with E-state index in [-0.39, 0.29) is 18.2 Å². The number of carbonyl (C=O) groups is 2. The number of para-hydroxylation sites is 1. The number of aromatic nitrogens is 1. The lowest BCUT2D eigenvalue weighted by molar-refractivity contribution is -0.130. The molecule has 5 heteroatoms. The molecule has 1 N–H and O–H groups in total. The maximum atomic E-state index is 12.1. The minimum Gasteiger partial charge on any atom is -0.337 e. The van der Waals surface area contributed by atoms with Crippen LogP contribution in [0.3, 0.4) is 0 Å². The Morgan fingerprint density at radius 3 is 2.52 bits per heavy atom. The van der Waals surface area contributed by atoms with Crippen molar-refractivity contribution in [2.45, 2.75) is 26.8 Å². The number of aryl methyl sites for hydroxylation is 1. The zero-order valence-corrected chi connectivity index (χ0v) is 13.5. The average Bonchev–Trinajstić information content (AvgIpc) is 2.54. The molecule has 120 valence electrons. The van der Waals surface area contributed by atoms with Gasteiger partial charge < -0.3 is 10.2 Å². The number of nitrogens with one attached hydrogen (secondary N) is 1. The summed E-state index contributed by atoms with van der Waals surface area (Å²) in [5, 5.41) is 2.88. The fraction of sp³-hybridized carbons (Fsp3) is 0.278. The molecule has 0 fully saturated rings. The molecule has 0 aliphatic rings. The van der Waals surface area contributed by atoms with Gasteiger partial charge in [-0.15, -0.1) is 0 Å². The Labute approximate surface area is 136 Å². The summed E-state index contributed by atoms with van der Waals surface area (Å²) in [5.74, 6) is -0.175. The van der Waals surface area contributed by atoms with Crippen molar-refractivity contribution in [3.63, 3.8) is 0 Å². The van der Waals surface area contributed by atoms with E-state index >= 15 is 0 Å². The normalized spacial score (nSPS) is 10.2. The Morgan fingerprint density at radius 2 is 1.87 bits per heavy atom. The first kappa shape index (κ1) is 16.7. The van der Waals surface area contributed by atoms with Crippen LogP contribution in [0.4, 0.5) is 5.69 Å². The van der Waals surface area contributed by atoms with E-state index in [1.165, 1.54) is 6.92 Å². The van der Waals surface area contributed by atoms with Crippen LogP contribution in [0.25, 0.3) is 0 Å². The number of pyridine rings is 1. The van der Waals surface area contributed by atoms with Gasteiger partial charge >= 0.3 is 0 Å². The number of nitrogens with zero attached hydrogens (tertiary/aromatic N) is 2. The summed E-state index contributed by atoms with van der Waals surface area (Å²) in [4.78, 5) is 29.7. The lowest BCUT2D eigenvalue weighted by Crippen LogP contribution is -2.31. The summed E-state index contributed by atoms with van der Waals surface area (Å²) in [6.07, 6.45) is 1.94. The zero-order valence-electron chi connectivity index (χ0n) is 13.5. The van der Waals surface area contributed by atoms with E-state index in [0.29, 0.717) is 13.1 Å². The predicted molar refractivity (Wildman–Crippen MR) is 89.8 cm³/mol. The molecule has 0 saturated heterocycles. The molecule has 23 heavy (non-hydrogen) atoms. The van der Waals surface area contributed by atoms with Crippen molar-refractivity contribution >= 4 is 17.5 Å². The van der Waals surface area contributed by atoms with Gasteiger partial charge in [0.1, 0.15) is 0 Å². The fourth-order valence-corrected chi connectivity index (χ4v) is 2.20. The minimum absolute atomic E-state index is 0.0701. The largest absolute Gasteiger partial charge is 0.337 e. The molecule has 1 heterocycles. The number of rotatable bonds is 6. The van der Waals surface area contributed by atoms with Gasteiger partial charge in [0.2, 0.25) is 11.8 Å². The molecule has 0 aliphatic carbocycles. The summed E-state index contributed by atoms with van der Waals surface area (Å²) in [5.41, 5.74) is 2.62. The first-order valence-corrected chi connectivity index (χ1v) is 7.57. The summed E-state index contributed by atoms with van der Waals surface area (Å²) in [6.45, 7) is 4.22. The predicted octanol–water partition coefficient (Wildman–Crippen LogP) is 2.77. The molecule has 1 aromatic heterocycles. The molecule has 0 aliphatic heterocycles. The lowest BCUT2D eigenvalue weighted by Gasteiger charge is -2.20. The highest BCUT2D eigenvalue weighted by atomic mass is 16.2.